The number of hydrogen-bond donors (Lipinski definition) is 0. The molecule has 0 aromatic heterocycles. The first-order valence-electron chi connectivity index (χ1n) is 2.61. The molecule has 0 amide bonds. The molecular weight excluding hydrogens is 134 g/mol. The smallest absolute Gasteiger partial charge is 0.100 e. The van der Waals surface area contributed by atoms with Gasteiger partial charge in [0.25, 0.3) is 0 Å². The largest absolute Gasteiger partial charge is 0.192 e. The molecule has 0 fully saturated rings. The van der Waals surface area contributed by atoms with Gasteiger partial charge in [0.2, 0.25) is 0 Å². The van der Waals surface area contributed by atoms with E-state index >= 15 is 0 Å². The molecule has 0 spiro atoms. The number of allylic oxidation sites excluding steroid dienone is 4. The number of halogens is 1. The van der Waals surface area contributed by atoms with Gasteiger partial charge in [-0.3, -0.25) is 0 Å². The Bertz CT molecular complexity index is 180. The second kappa shape index (κ2) is 4.17. The summed E-state index contributed by atoms with van der Waals surface area (Å²) < 4.78 is 0. The van der Waals surface area contributed by atoms with Gasteiger partial charge in [-0.25, -0.2) is 0 Å². The Morgan fingerprint density at radius 2 is 2.22 bits per heavy atom. The van der Waals surface area contributed by atoms with Gasteiger partial charge in [-0.15, -0.1) is 0 Å². The SMILES string of the molecule is C/C=C\C(C#N)=C(/C)Cl. The van der Waals surface area contributed by atoms with Gasteiger partial charge in [-0.1, -0.05) is 17.7 Å². The molecule has 0 aliphatic heterocycles. The van der Waals surface area contributed by atoms with Gasteiger partial charge >= 0.3 is 0 Å². The van der Waals surface area contributed by atoms with E-state index < -0.39 is 0 Å². The van der Waals surface area contributed by atoms with E-state index in [1.807, 2.05) is 13.0 Å². The predicted octanol–water partition coefficient (Wildman–Crippen LogP) is 2.60. The van der Waals surface area contributed by atoms with E-state index in [0.717, 1.165) is 0 Å². The topological polar surface area (TPSA) is 23.8 Å². The van der Waals surface area contributed by atoms with Gasteiger partial charge in [-0.05, 0) is 19.9 Å². The van der Waals surface area contributed by atoms with Gasteiger partial charge in [0.05, 0.1) is 5.57 Å². The van der Waals surface area contributed by atoms with Crippen molar-refractivity contribution in [3.05, 3.63) is 22.8 Å². The lowest BCUT2D eigenvalue weighted by molar-refractivity contribution is 1.46. The van der Waals surface area contributed by atoms with E-state index in [1.165, 1.54) is 0 Å². The Hall–Kier alpha value is -0.740. The third-order valence-corrected chi connectivity index (χ3v) is 1.03. The van der Waals surface area contributed by atoms with Crippen LogP contribution in [0, 0.1) is 11.3 Å². The summed E-state index contributed by atoms with van der Waals surface area (Å²) in [5, 5.41) is 8.92. The zero-order valence-corrected chi connectivity index (χ0v) is 6.24. The molecule has 0 unspecified atom stereocenters. The minimum atomic E-state index is 0.527. The van der Waals surface area contributed by atoms with Crippen molar-refractivity contribution in [1.29, 1.82) is 5.26 Å². The van der Waals surface area contributed by atoms with Gasteiger partial charge in [0, 0.05) is 5.03 Å². The monoisotopic (exact) mass is 141 g/mol. The summed E-state index contributed by atoms with van der Waals surface area (Å²) in [6.07, 6.45) is 3.47. The highest BCUT2D eigenvalue weighted by Crippen LogP contribution is 2.07. The van der Waals surface area contributed by atoms with Crippen molar-refractivity contribution < 1.29 is 0 Å². The summed E-state index contributed by atoms with van der Waals surface area (Å²) in [5.41, 5.74) is 0.527. The lowest BCUT2D eigenvalue weighted by Gasteiger charge is -1.86. The summed E-state index contributed by atoms with van der Waals surface area (Å²) in [6, 6.07) is 1.96. The molecule has 2 heteroatoms. The number of hydrogen-bond acceptors (Lipinski definition) is 1. The molecule has 1 nitrogen and oxygen atoms in total. The molecule has 0 aliphatic rings. The Morgan fingerprint density at radius 3 is 2.33 bits per heavy atom. The van der Waals surface area contributed by atoms with Gasteiger partial charge in [0.15, 0.2) is 0 Å². The van der Waals surface area contributed by atoms with Crippen LogP contribution in [-0.4, -0.2) is 0 Å². The molecular formula is C7H8ClN. The predicted molar refractivity (Wildman–Crippen MR) is 39.0 cm³/mol. The van der Waals surface area contributed by atoms with Crippen molar-refractivity contribution in [1.82, 2.24) is 0 Å². The van der Waals surface area contributed by atoms with E-state index in [0.29, 0.717) is 10.6 Å². The zero-order chi connectivity index (χ0) is 7.28. The quantitative estimate of drug-likeness (QED) is 0.407. The minimum Gasteiger partial charge on any atom is -0.192 e. The van der Waals surface area contributed by atoms with E-state index in [-0.39, 0.29) is 0 Å². The first kappa shape index (κ1) is 8.26. The van der Waals surface area contributed by atoms with E-state index in [4.69, 9.17) is 16.9 Å². The van der Waals surface area contributed by atoms with Crippen LogP contribution in [0.3, 0.4) is 0 Å². The van der Waals surface area contributed by atoms with Crippen molar-refractivity contribution in [3.8, 4) is 6.07 Å². The molecule has 0 radical (unpaired) electrons. The fourth-order valence-corrected chi connectivity index (χ4v) is 0.501. The second-order valence-corrected chi connectivity index (χ2v) is 2.13. The van der Waals surface area contributed by atoms with Crippen LogP contribution in [0.2, 0.25) is 0 Å². The van der Waals surface area contributed by atoms with Crippen LogP contribution in [0.4, 0.5) is 0 Å². The van der Waals surface area contributed by atoms with Crippen LogP contribution >= 0.6 is 11.6 Å². The maximum absolute atomic E-state index is 8.38. The molecule has 0 saturated carbocycles. The Labute approximate surface area is 60.2 Å². The molecule has 0 aromatic carbocycles. The second-order valence-electron chi connectivity index (χ2n) is 1.56. The van der Waals surface area contributed by atoms with Crippen molar-refractivity contribution in [3.63, 3.8) is 0 Å². The third kappa shape index (κ3) is 2.94. The molecule has 0 rings (SSSR count). The fourth-order valence-electron chi connectivity index (χ4n) is 0.396. The minimum absolute atomic E-state index is 0.527. The summed E-state index contributed by atoms with van der Waals surface area (Å²) in [6.45, 7) is 3.54. The van der Waals surface area contributed by atoms with Crippen molar-refractivity contribution in [2.45, 2.75) is 13.8 Å². The summed E-state index contributed by atoms with van der Waals surface area (Å²) in [7, 11) is 0. The Morgan fingerprint density at radius 1 is 1.67 bits per heavy atom. The molecule has 0 bridgehead atoms. The van der Waals surface area contributed by atoms with Crippen LogP contribution in [0.1, 0.15) is 13.8 Å². The van der Waals surface area contributed by atoms with E-state index in [2.05, 4.69) is 0 Å². The standard InChI is InChI=1S/C7H8ClN/c1-3-4-7(5-9)6(2)8/h3-4H,1-2H3/b4-3-,7-6-. The van der Waals surface area contributed by atoms with Crippen molar-refractivity contribution in [2.24, 2.45) is 0 Å². The van der Waals surface area contributed by atoms with Crippen LogP contribution < -0.4 is 0 Å². The maximum Gasteiger partial charge on any atom is 0.100 e. The molecule has 0 heterocycles. The number of rotatable bonds is 1. The lowest BCUT2D eigenvalue weighted by atomic mass is 10.2. The lowest BCUT2D eigenvalue weighted by Crippen LogP contribution is -1.71. The fraction of sp³-hybridized carbons (Fsp3) is 0.286. The first-order chi connectivity index (χ1) is 4.22. The highest BCUT2D eigenvalue weighted by molar-refractivity contribution is 6.30. The van der Waals surface area contributed by atoms with Crippen LogP contribution in [0.15, 0.2) is 22.8 Å². The molecule has 0 aliphatic carbocycles. The van der Waals surface area contributed by atoms with Crippen LogP contribution in [0.25, 0.3) is 0 Å². The highest BCUT2D eigenvalue weighted by Gasteiger charge is 1.90. The third-order valence-electron chi connectivity index (χ3n) is 0.825. The van der Waals surface area contributed by atoms with Crippen LogP contribution in [-0.2, 0) is 0 Å². The molecule has 9 heavy (non-hydrogen) atoms. The average molecular weight is 142 g/mol. The van der Waals surface area contributed by atoms with Crippen molar-refractivity contribution >= 4 is 11.6 Å². The van der Waals surface area contributed by atoms with Gasteiger partial charge in [-0.2, -0.15) is 5.26 Å². The Balaban J connectivity index is 4.41. The van der Waals surface area contributed by atoms with E-state index in [1.54, 1.807) is 19.1 Å². The number of nitriles is 1. The first-order valence-corrected chi connectivity index (χ1v) is 2.99. The summed E-state index contributed by atoms with van der Waals surface area (Å²) in [4.78, 5) is 0. The number of nitrogens with zero attached hydrogens (tertiary/aromatic N) is 1. The van der Waals surface area contributed by atoms with E-state index in [9.17, 15) is 0 Å². The van der Waals surface area contributed by atoms with Crippen LogP contribution in [0.5, 0.6) is 0 Å². The van der Waals surface area contributed by atoms with Gasteiger partial charge < -0.3 is 0 Å². The zero-order valence-electron chi connectivity index (χ0n) is 5.48. The molecule has 0 N–H and O–H groups in total. The van der Waals surface area contributed by atoms with Gasteiger partial charge in [0.1, 0.15) is 6.07 Å². The molecule has 0 saturated heterocycles. The normalized spacial score (nSPS) is 13.1. The maximum atomic E-state index is 8.38. The molecule has 0 aromatic rings. The Kier molecular flexibility index (Phi) is 3.83. The molecule has 48 valence electrons. The average Bonchev–Trinajstić information content (AvgIpc) is 1.82. The van der Waals surface area contributed by atoms with Crippen molar-refractivity contribution in [2.75, 3.05) is 0 Å². The molecule has 0 atom stereocenters. The summed E-state index contributed by atoms with van der Waals surface area (Å²) >= 11 is 5.53. The summed E-state index contributed by atoms with van der Waals surface area (Å²) in [5.74, 6) is 0. The highest BCUT2D eigenvalue weighted by atomic mass is 35.5.